The molecule has 5 heteroatoms. The van der Waals surface area contributed by atoms with Crippen LogP contribution in [-0.2, 0) is 0 Å². The second kappa shape index (κ2) is 3.34. The fourth-order valence-electron chi connectivity index (χ4n) is 1.50. The molecule has 1 aliphatic rings. The van der Waals surface area contributed by atoms with Crippen molar-refractivity contribution in [3.05, 3.63) is 11.4 Å². The third-order valence-corrected chi connectivity index (χ3v) is 3.27. The van der Waals surface area contributed by atoms with Crippen molar-refractivity contribution < 1.29 is 0 Å². The van der Waals surface area contributed by atoms with Crippen LogP contribution in [0.1, 0.15) is 12.8 Å². The van der Waals surface area contributed by atoms with E-state index in [2.05, 4.69) is 32.0 Å². The number of anilines is 2. The number of rotatable bonds is 3. The summed E-state index contributed by atoms with van der Waals surface area (Å²) in [4.78, 5) is 9.88. The first kappa shape index (κ1) is 8.91. The van der Waals surface area contributed by atoms with Gasteiger partial charge in [0.05, 0.1) is 5.39 Å². The van der Waals surface area contributed by atoms with Crippen LogP contribution in [0.5, 0.6) is 0 Å². The quantitative estimate of drug-likeness (QED) is 0.833. The zero-order chi connectivity index (χ0) is 10.3. The van der Waals surface area contributed by atoms with Crippen molar-refractivity contribution in [2.75, 3.05) is 17.7 Å². The molecule has 0 aliphatic heterocycles. The van der Waals surface area contributed by atoms with Gasteiger partial charge in [-0.15, -0.1) is 11.3 Å². The van der Waals surface area contributed by atoms with Gasteiger partial charge in [-0.2, -0.15) is 4.98 Å². The second-order valence-corrected chi connectivity index (χ2v) is 4.60. The average Bonchev–Trinajstić information content (AvgIpc) is 2.93. The predicted molar refractivity (Wildman–Crippen MR) is 63.6 cm³/mol. The van der Waals surface area contributed by atoms with E-state index in [1.54, 1.807) is 11.3 Å². The van der Waals surface area contributed by atoms with Gasteiger partial charge in [0.15, 0.2) is 0 Å². The van der Waals surface area contributed by atoms with E-state index in [4.69, 9.17) is 0 Å². The molecule has 0 unspecified atom stereocenters. The number of nitrogens with one attached hydrogen (secondary N) is 2. The van der Waals surface area contributed by atoms with E-state index in [1.165, 1.54) is 12.8 Å². The van der Waals surface area contributed by atoms with E-state index in [1.807, 2.05) is 7.05 Å². The minimum Gasteiger partial charge on any atom is -0.367 e. The Kier molecular flexibility index (Phi) is 1.98. The highest BCUT2D eigenvalue weighted by Gasteiger charge is 2.22. The van der Waals surface area contributed by atoms with E-state index in [-0.39, 0.29) is 0 Å². The Hall–Kier alpha value is -1.36. The topological polar surface area (TPSA) is 49.8 Å². The van der Waals surface area contributed by atoms with Crippen LogP contribution in [-0.4, -0.2) is 23.1 Å². The van der Waals surface area contributed by atoms with Crippen molar-refractivity contribution in [3.8, 4) is 0 Å². The molecule has 0 bridgehead atoms. The van der Waals surface area contributed by atoms with Gasteiger partial charge < -0.3 is 10.6 Å². The first-order valence-corrected chi connectivity index (χ1v) is 5.94. The highest BCUT2D eigenvalue weighted by molar-refractivity contribution is 7.16. The summed E-state index contributed by atoms with van der Waals surface area (Å²) in [5, 5.41) is 9.61. The highest BCUT2D eigenvalue weighted by Crippen LogP contribution is 2.30. The Morgan fingerprint density at radius 1 is 1.40 bits per heavy atom. The molecule has 0 saturated heterocycles. The fourth-order valence-corrected chi connectivity index (χ4v) is 2.26. The summed E-state index contributed by atoms with van der Waals surface area (Å²) in [7, 11) is 1.84. The summed E-state index contributed by atoms with van der Waals surface area (Å²) in [6.45, 7) is 0. The van der Waals surface area contributed by atoms with Crippen LogP contribution in [0.25, 0.3) is 10.2 Å². The molecule has 1 saturated carbocycles. The number of aromatic nitrogens is 2. The summed E-state index contributed by atoms with van der Waals surface area (Å²) in [6, 6.07) is 2.69. The Morgan fingerprint density at radius 3 is 3.00 bits per heavy atom. The van der Waals surface area contributed by atoms with E-state index in [9.17, 15) is 0 Å². The standard InChI is InChI=1S/C10H12N4S/c1-11-10-13-8(12-6-2-3-6)7-4-5-15-9(7)14-10/h4-6H,2-3H2,1H3,(H2,11,12,13,14). The lowest BCUT2D eigenvalue weighted by Crippen LogP contribution is -2.06. The molecule has 0 radical (unpaired) electrons. The van der Waals surface area contributed by atoms with Gasteiger partial charge in [0.1, 0.15) is 10.6 Å². The SMILES string of the molecule is CNc1nc(NC2CC2)c2ccsc2n1. The highest BCUT2D eigenvalue weighted by atomic mass is 32.1. The van der Waals surface area contributed by atoms with Gasteiger partial charge in [-0.25, -0.2) is 4.98 Å². The summed E-state index contributed by atoms with van der Waals surface area (Å²) >= 11 is 1.65. The van der Waals surface area contributed by atoms with Gasteiger partial charge in [-0.05, 0) is 24.3 Å². The molecular weight excluding hydrogens is 208 g/mol. The molecule has 2 heterocycles. The zero-order valence-corrected chi connectivity index (χ0v) is 9.27. The summed E-state index contributed by atoms with van der Waals surface area (Å²) in [5.74, 6) is 1.65. The van der Waals surface area contributed by atoms with Crippen LogP contribution in [0.15, 0.2) is 11.4 Å². The zero-order valence-electron chi connectivity index (χ0n) is 8.45. The molecule has 0 atom stereocenters. The van der Waals surface area contributed by atoms with Gasteiger partial charge in [0.25, 0.3) is 0 Å². The minimum absolute atomic E-state index is 0.618. The maximum Gasteiger partial charge on any atom is 0.225 e. The molecule has 1 fully saturated rings. The van der Waals surface area contributed by atoms with Gasteiger partial charge in [-0.1, -0.05) is 0 Å². The Balaban J connectivity index is 2.09. The van der Waals surface area contributed by atoms with Crippen molar-refractivity contribution in [3.63, 3.8) is 0 Å². The lowest BCUT2D eigenvalue weighted by atomic mass is 10.4. The summed E-state index contributed by atoms with van der Waals surface area (Å²) in [5.41, 5.74) is 0. The Morgan fingerprint density at radius 2 is 2.27 bits per heavy atom. The van der Waals surface area contributed by atoms with Crippen molar-refractivity contribution in [2.45, 2.75) is 18.9 Å². The molecule has 0 amide bonds. The second-order valence-electron chi connectivity index (χ2n) is 3.70. The molecule has 4 nitrogen and oxygen atoms in total. The van der Waals surface area contributed by atoms with E-state index in [0.717, 1.165) is 16.0 Å². The van der Waals surface area contributed by atoms with Gasteiger partial charge in [-0.3, -0.25) is 0 Å². The number of fused-ring (bicyclic) bond motifs is 1. The van der Waals surface area contributed by atoms with Crippen LogP contribution in [0.2, 0.25) is 0 Å². The molecule has 78 valence electrons. The van der Waals surface area contributed by atoms with Crippen molar-refractivity contribution in [1.82, 2.24) is 9.97 Å². The van der Waals surface area contributed by atoms with Gasteiger partial charge >= 0.3 is 0 Å². The van der Waals surface area contributed by atoms with E-state index < -0.39 is 0 Å². The number of hydrogen-bond acceptors (Lipinski definition) is 5. The molecule has 1 aliphatic carbocycles. The first-order chi connectivity index (χ1) is 7.36. The molecule has 3 rings (SSSR count). The van der Waals surface area contributed by atoms with Crippen molar-refractivity contribution >= 4 is 33.3 Å². The van der Waals surface area contributed by atoms with Crippen LogP contribution >= 0.6 is 11.3 Å². The lowest BCUT2D eigenvalue weighted by Gasteiger charge is -2.06. The van der Waals surface area contributed by atoms with Gasteiger partial charge in [0, 0.05) is 13.1 Å². The molecule has 2 N–H and O–H groups in total. The number of hydrogen-bond donors (Lipinski definition) is 2. The van der Waals surface area contributed by atoms with Gasteiger partial charge in [0.2, 0.25) is 5.95 Å². The summed E-state index contributed by atoms with van der Waals surface area (Å²) in [6.07, 6.45) is 2.51. The Bertz CT molecular complexity index is 489. The third kappa shape index (κ3) is 1.63. The monoisotopic (exact) mass is 220 g/mol. The van der Waals surface area contributed by atoms with Crippen molar-refractivity contribution in [1.29, 1.82) is 0 Å². The third-order valence-electron chi connectivity index (χ3n) is 2.47. The molecular formula is C10H12N4S. The molecule has 2 aromatic rings. The minimum atomic E-state index is 0.618. The number of nitrogens with zero attached hydrogens (tertiary/aromatic N) is 2. The first-order valence-electron chi connectivity index (χ1n) is 5.06. The maximum atomic E-state index is 4.45. The van der Waals surface area contributed by atoms with E-state index >= 15 is 0 Å². The van der Waals surface area contributed by atoms with E-state index in [0.29, 0.717) is 12.0 Å². The molecule has 2 aromatic heterocycles. The lowest BCUT2D eigenvalue weighted by molar-refractivity contribution is 1.10. The Labute approximate surface area is 91.7 Å². The smallest absolute Gasteiger partial charge is 0.225 e. The fraction of sp³-hybridized carbons (Fsp3) is 0.400. The molecule has 0 spiro atoms. The average molecular weight is 220 g/mol. The maximum absolute atomic E-state index is 4.45. The molecule has 0 aromatic carbocycles. The summed E-state index contributed by atoms with van der Waals surface area (Å²) < 4.78 is 0. The van der Waals surface area contributed by atoms with Crippen molar-refractivity contribution in [2.24, 2.45) is 0 Å². The van der Waals surface area contributed by atoms with Crippen LogP contribution in [0.3, 0.4) is 0 Å². The predicted octanol–water partition coefficient (Wildman–Crippen LogP) is 2.31. The van der Waals surface area contributed by atoms with Crippen LogP contribution in [0.4, 0.5) is 11.8 Å². The number of thiophene rings is 1. The van der Waals surface area contributed by atoms with Crippen LogP contribution in [0, 0.1) is 0 Å². The van der Waals surface area contributed by atoms with Crippen LogP contribution < -0.4 is 10.6 Å². The largest absolute Gasteiger partial charge is 0.367 e. The molecule has 15 heavy (non-hydrogen) atoms. The normalized spacial score (nSPS) is 15.5.